The van der Waals surface area contributed by atoms with Crippen molar-refractivity contribution in [1.29, 1.82) is 0 Å². The van der Waals surface area contributed by atoms with E-state index >= 15 is 0 Å². The zero-order chi connectivity index (χ0) is 19.8. The molecule has 0 saturated carbocycles. The Balaban J connectivity index is 1.73. The van der Waals surface area contributed by atoms with Crippen molar-refractivity contribution in [1.82, 2.24) is 18.8 Å². The van der Waals surface area contributed by atoms with E-state index in [1.54, 1.807) is 0 Å². The van der Waals surface area contributed by atoms with Crippen LogP contribution in [-0.2, 0) is 22.7 Å². The lowest BCUT2D eigenvalue weighted by atomic mass is 10.2. The molecule has 1 aliphatic rings. The van der Waals surface area contributed by atoms with E-state index in [0.717, 1.165) is 28.0 Å². The first-order valence-corrected chi connectivity index (χ1v) is 10.6. The summed E-state index contributed by atoms with van der Waals surface area (Å²) < 4.78 is 69.8. The number of aromatic nitrogens is 2. The number of alkyl halides is 3. The minimum absolute atomic E-state index is 0.140. The first-order chi connectivity index (χ1) is 12.6. The van der Waals surface area contributed by atoms with Gasteiger partial charge in [-0.15, -0.1) is 5.10 Å². The molecular weight excluding hydrogens is 448 g/mol. The summed E-state index contributed by atoms with van der Waals surface area (Å²) in [5, 5.41) is 3.37. The third-order valence-electron chi connectivity index (χ3n) is 4.10. The monoisotopic (exact) mass is 460 g/mol. The van der Waals surface area contributed by atoms with Crippen molar-refractivity contribution in [2.45, 2.75) is 17.6 Å². The number of piperazine rings is 1. The molecular formula is C14H13Cl2F3N4O2S2. The topological polar surface area (TPSA) is 66.4 Å². The van der Waals surface area contributed by atoms with Gasteiger partial charge in [-0.25, -0.2) is 8.42 Å². The molecule has 0 radical (unpaired) electrons. The SMILES string of the molecule is O=S(=O)(c1ccc(Cl)c(C(F)(F)F)c1)N1CCN(Cc2nnsc2Cl)CC1. The zero-order valence-corrected chi connectivity index (χ0v) is 16.7. The molecule has 0 amide bonds. The molecule has 0 N–H and O–H groups in total. The van der Waals surface area contributed by atoms with E-state index in [0.29, 0.717) is 35.7 Å². The Morgan fingerprint density at radius 3 is 2.37 bits per heavy atom. The lowest BCUT2D eigenvalue weighted by molar-refractivity contribution is -0.137. The molecule has 1 aliphatic heterocycles. The standard InChI is InChI=1S/C14H13Cl2F3N4O2S2/c15-11-2-1-9(7-10(11)14(17,18)19)27(24,25)23-5-3-22(4-6-23)8-12-13(16)26-21-20-12/h1-2,7H,3-6,8H2. The normalized spacial score (nSPS) is 17.4. The van der Waals surface area contributed by atoms with Crippen LogP contribution in [0, 0.1) is 0 Å². The van der Waals surface area contributed by atoms with Crippen molar-refractivity contribution < 1.29 is 21.6 Å². The molecule has 0 unspecified atom stereocenters. The van der Waals surface area contributed by atoms with Crippen LogP contribution in [-0.4, -0.2) is 53.4 Å². The van der Waals surface area contributed by atoms with Gasteiger partial charge in [0.25, 0.3) is 0 Å². The van der Waals surface area contributed by atoms with Gasteiger partial charge in [-0.2, -0.15) is 17.5 Å². The van der Waals surface area contributed by atoms with Gasteiger partial charge in [-0.3, -0.25) is 4.90 Å². The number of sulfonamides is 1. The van der Waals surface area contributed by atoms with Gasteiger partial charge in [0.1, 0.15) is 10.0 Å². The molecule has 27 heavy (non-hydrogen) atoms. The maximum absolute atomic E-state index is 13.0. The van der Waals surface area contributed by atoms with Gasteiger partial charge in [0.2, 0.25) is 10.0 Å². The van der Waals surface area contributed by atoms with Gasteiger partial charge in [-0.05, 0) is 18.2 Å². The molecule has 1 aromatic carbocycles. The molecule has 2 heterocycles. The molecule has 0 bridgehead atoms. The van der Waals surface area contributed by atoms with Gasteiger partial charge < -0.3 is 0 Å². The predicted octanol–water partition coefficient (Wildman–Crippen LogP) is 3.37. The van der Waals surface area contributed by atoms with Crippen molar-refractivity contribution in [2.24, 2.45) is 0 Å². The summed E-state index contributed by atoms with van der Waals surface area (Å²) in [6, 6.07) is 2.61. The van der Waals surface area contributed by atoms with Gasteiger partial charge in [0, 0.05) is 44.3 Å². The van der Waals surface area contributed by atoms with Gasteiger partial charge in [0.15, 0.2) is 0 Å². The van der Waals surface area contributed by atoms with Crippen LogP contribution >= 0.6 is 34.7 Å². The third-order valence-corrected chi connectivity index (χ3v) is 7.30. The van der Waals surface area contributed by atoms with Crippen LogP contribution in [0.3, 0.4) is 0 Å². The third kappa shape index (κ3) is 4.54. The summed E-state index contributed by atoms with van der Waals surface area (Å²) in [7, 11) is -4.06. The van der Waals surface area contributed by atoms with Crippen LogP contribution < -0.4 is 0 Å². The van der Waals surface area contributed by atoms with E-state index in [2.05, 4.69) is 9.59 Å². The Morgan fingerprint density at radius 2 is 1.81 bits per heavy atom. The summed E-state index contributed by atoms with van der Waals surface area (Å²) in [5.41, 5.74) is -0.556. The lowest BCUT2D eigenvalue weighted by Crippen LogP contribution is -2.48. The van der Waals surface area contributed by atoms with Gasteiger partial charge in [-0.1, -0.05) is 27.7 Å². The number of hydrogen-bond donors (Lipinski definition) is 0. The molecule has 1 aromatic heterocycles. The maximum atomic E-state index is 13.0. The Morgan fingerprint density at radius 1 is 1.15 bits per heavy atom. The number of halogens is 5. The Hall–Kier alpha value is -0.980. The highest BCUT2D eigenvalue weighted by Gasteiger charge is 2.36. The second-order valence-electron chi connectivity index (χ2n) is 5.81. The molecule has 13 heteroatoms. The van der Waals surface area contributed by atoms with Gasteiger partial charge >= 0.3 is 6.18 Å². The quantitative estimate of drug-likeness (QED) is 0.699. The largest absolute Gasteiger partial charge is 0.417 e. The number of benzene rings is 1. The predicted molar refractivity (Wildman–Crippen MR) is 95.4 cm³/mol. The number of hydrogen-bond acceptors (Lipinski definition) is 6. The van der Waals surface area contributed by atoms with Crippen LogP contribution in [0.4, 0.5) is 13.2 Å². The number of nitrogens with zero attached hydrogens (tertiary/aromatic N) is 4. The maximum Gasteiger partial charge on any atom is 0.417 e. The molecule has 0 spiro atoms. The molecule has 1 fully saturated rings. The van der Waals surface area contributed by atoms with Crippen molar-refractivity contribution in [3.8, 4) is 0 Å². The Labute approximate surface area is 167 Å². The highest BCUT2D eigenvalue weighted by Crippen LogP contribution is 2.36. The van der Waals surface area contributed by atoms with E-state index in [9.17, 15) is 21.6 Å². The summed E-state index contributed by atoms with van der Waals surface area (Å²) in [5.74, 6) is 0. The fraction of sp³-hybridized carbons (Fsp3) is 0.429. The first kappa shape index (κ1) is 20.7. The van der Waals surface area contributed by atoms with Crippen LogP contribution in [0.1, 0.15) is 11.3 Å². The van der Waals surface area contributed by atoms with E-state index in [1.165, 1.54) is 0 Å². The average Bonchev–Trinajstić information content (AvgIpc) is 2.99. The second-order valence-corrected chi connectivity index (χ2v) is 9.51. The Kier molecular flexibility index (Phi) is 5.99. The highest BCUT2D eigenvalue weighted by molar-refractivity contribution is 7.89. The van der Waals surface area contributed by atoms with E-state index in [-0.39, 0.29) is 13.1 Å². The Bertz CT molecular complexity index is 929. The fourth-order valence-electron chi connectivity index (χ4n) is 2.66. The zero-order valence-electron chi connectivity index (χ0n) is 13.6. The molecule has 3 rings (SSSR count). The summed E-state index contributed by atoms with van der Waals surface area (Å²) in [4.78, 5) is 1.52. The summed E-state index contributed by atoms with van der Waals surface area (Å²) in [6.45, 7) is 1.50. The van der Waals surface area contributed by atoms with Crippen molar-refractivity contribution >= 4 is 44.8 Å². The summed E-state index contributed by atoms with van der Waals surface area (Å²) in [6.07, 6.45) is -4.73. The second kappa shape index (κ2) is 7.80. The molecule has 1 saturated heterocycles. The van der Waals surface area contributed by atoms with Crippen LogP contribution in [0.2, 0.25) is 9.36 Å². The van der Waals surface area contributed by atoms with Crippen LogP contribution in [0.25, 0.3) is 0 Å². The fourth-order valence-corrected chi connectivity index (χ4v) is 4.95. The van der Waals surface area contributed by atoms with Crippen molar-refractivity contribution in [3.05, 3.63) is 38.8 Å². The minimum Gasteiger partial charge on any atom is -0.295 e. The lowest BCUT2D eigenvalue weighted by Gasteiger charge is -2.33. The van der Waals surface area contributed by atoms with E-state index in [4.69, 9.17) is 23.2 Å². The molecule has 6 nitrogen and oxygen atoms in total. The first-order valence-electron chi connectivity index (χ1n) is 7.65. The number of rotatable bonds is 4. The van der Waals surface area contributed by atoms with Crippen molar-refractivity contribution in [2.75, 3.05) is 26.2 Å². The van der Waals surface area contributed by atoms with E-state index < -0.39 is 31.7 Å². The van der Waals surface area contributed by atoms with Crippen LogP contribution in [0.5, 0.6) is 0 Å². The average molecular weight is 461 g/mol. The van der Waals surface area contributed by atoms with Crippen molar-refractivity contribution in [3.63, 3.8) is 0 Å². The van der Waals surface area contributed by atoms with Gasteiger partial charge in [0.05, 0.1) is 15.5 Å². The molecule has 0 atom stereocenters. The minimum atomic E-state index is -4.73. The van der Waals surface area contributed by atoms with E-state index in [1.807, 2.05) is 4.90 Å². The smallest absolute Gasteiger partial charge is 0.295 e. The molecule has 148 valence electrons. The summed E-state index contributed by atoms with van der Waals surface area (Å²) >= 11 is 12.6. The van der Waals surface area contributed by atoms with Crippen LogP contribution in [0.15, 0.2) is 23.1 Å². The molecule has 0 aliphatic carbocycles. The molecule has 2 aromatic rings. The highest BCUT2D eigenvalue weighted by atomic mass is 35.5.